The molecule has 3 aromatic carbocycles. The highest BCUT2D eigenvalue weighted by atomic mass is 35.5. The van der Waals surface area contributed by atoms with Crippen LogP contribution in [0.5, 0.6) is 0 Å². The highest BCUT2D eigenvalue weighted by molar-refractivity contribution is 6.42. The van der Waals surface area contributed by atoms with E-state index in [0.717, 1.165) is 0 Å². The number of para-hydroxylation sites is 1. The molecule has 2 heterocycles. The van der Waals surface area contributed by atoms with E-state index in [4.69, 9.17) is 23.2 Å². The van der Waals surface area contributed by atoms with Crippen LogP contribution in [0.15, 0.2) is 60.8 Å². The van der Waals surface area contributed by atoms with Crippen molar-refractivity contribution < 1.29 is 18.9 Å². The highest BCUT2D eigenvalue weighted by Crippen LogP contribution is 2.32. The first-order valence-electron chi connectivity index (χ1n) is 13.1. The zero-order chi connectivity index (χ0) is 30.0. The van der Waals surface area contributed by atoms with Crippen molar-refractivity contribution in [1.82, 2.24) is 25.2 Å². The number of likely N-dealkylation sites (tertiary alicyclic amines) is 1. The molecule has 0 unspecified atom stereocenters. The van der Waals surface area contributed by atoms with E-state index in [2.05, 4.69) is 15.6 Å². The second-order valence-electron chi connectivity index (χ2n) is 9.96. The molecule has 4 aromatic rings. The Morgan fingerprint density at radius 3 is 2.57 bits per heavy atom. The molecule has 1 aliphatic heterocycles. The zero-order valence-corrected chi connectivity index (χ0v) is 23.9. The number of hydrogen-bond acceptors (Lipinski definition) is 6. The Balaban J connectivity index is 1.20. The third-order valence-electron chi connectivity index (χ3n) is 7.22. The van der Waals surface area contributed by atoms with Gasteiger partial charge in [-0.15, -0.1) is 5.10 Å². The molecule has 5 rings (SSSR count). The third-order valence-corrected chi connectivity index (χ3v) is 7.96. The Hall–Kier alpha value is -4.35. The maximum atomic E-state index is 14.1. The van der Waals surface area contributed by atoms with Crippen LogP contribution in [0, 0.1) is 28.8 Å². The van der Waals surface area contributed by atoms with E-state index < -0.39 is 10.7 Å². The molecule has 1 fully saturated rings. The van der Waals surface area contributed by atoms with Crippen LogP contribution in [-0.4, -0.2) is 49.7 Å². The van der Waals surface area contributed by atoms with Gasteiger partial charge in [0.15, 0.2) is 0 Å². The Morgan fingerprint density at radius 1 is 1.10 bits per heavy atom. The van der Waals surface area contributed by atoms with Crippen LogP contribution in [0.2, 0.25) is 10.0 Å². The number of amides is 2. The second kappa shape index (κ2) is 12.3. The molecule has 1 N–H and O–H groups in total. The lowest BCUT2D eigenvalue weighted by atomic mass is 9.94. The molecular weight excluding hydrogens is 586 g/mol. The number of rotatable bonds is 7. The highest BCUT2D eigenvalue weighted by Gasteiger charge is 2.29. The van der Waals surface area contributed by atoms with Gasteiger partial charge in [0.1, 0.15) is 17.2 Å². The monoisotopic (exact) mass is 610 g/mol. The summed E-state index contributed by atoms with van der Waals surface area (Å²) in [4.78, 5) is 39.0. The van der Waals surface area contributed by atoms with Crippen molar-refractivity contribution in [3.05, 3.63) is 104 Å². The molecule has 0 radical (unpaired) electrons. The van der Waals surface area contributed by atoms with Crippen molar-refractivity contribution in [1.29, 1.82) is 0 Å². The van der Waals surface area contributed by atoms with Crippen molar-refractivity contribution >= 4 is 40.7 Å². The Morgan fingerprint density at radius 2 is 1.86 bits per heavy atom. The van der Waals surface area contributed by atoms with Crippen molar-refractivity contribution in [3.8, 4) is 16.8 Å². The summed E-state index contributed by atoms with van der Waals surface area (Å²) in [5.41, 5.74) is 2.62. The fraction of sp³-hybridized carbons (Fsp3) is 0.241. The van der Waals surface area contributed by atoms with Crippen molar-refractivity contribution in [2.75, 3.05) is 13.1 Å². The standard InChI is InChI=1S/C29H25Cl2FN6O4/c1-17-3-2-4-26(38(41)42)27(17)37-16-21(34-35-37)15-33-28(39)18-9-11-36(12-10-18)29(40)22-7-6-20(32)14-23(22)19-5-8-24(30)25(31)13-19/h2-8,13-14,16,18H,9-12,15H2,1H3,(H,33,39). The summed E-state index contributed by atoms with van der Waals surface area (Å²) < 4.78 is 15.5. The van der Waals surface area contributed by atoms with Crippen LogP contribution in [0.3, 0.4) is 0 Å². The number of halogens is 3. The van der Waals surface area contributed by atoms with E-state index in [1.807, 2.05) is 0 Å². The molecule has 0 saturated carbocycles. The summed E-state index contributed by atoms with van der Waals surface area (Å²) in [6, 6.07) is 13.6. The number of aromatic nitrogens is 3. The largest absolute Gasteiger partial charge is 0.350 e. The van der Waals surface area contributed by atoms with E-state index in [1.165, 1.54) is 28.9 Å². The van der Waals surface area contributed by atoms with Crippen LogP contribution in [0.25, 0.3) is 16.8 Å². The predicted molar refractivity (Wildman–Crippen MR) is 155 cm³/mol. The minimum Gasteiger partial charge on any atom is -0.350 e. The van der Waals surface area contributed by atoms with Gasteiger partial charge in [0.2, 0.25) is 5.91 Å². The molecule has 1 saturated heterocycles. The van der Waals surface area contributed by atoms with Gasteiger partial charge in [0.25, 0.3) is 11.6 Å². The number of nitrogens with one attached hydrogen (secondary N) is 1. The normalized spacial score (nSPS) is 13.7. The molecular formula is C29H25Cl2FN6O4. The van der Waals surface area contributed by atoms with Crippen LogP contribution in [0.4, 0.5) is 10.1 Å². The summed E-state index contributed by atoms with van der Waals surface area (Å²) in [6.07, 6.45) is 2.44. The molecule has 42 heavy (non-hydrogen) atoms. The molecule has 0 spiro atoms. The maximum Gasteiger partial charge on any atom is 0.295 e. The Labute approximate surface area is 250 Å². The van der Waals surface area contributed by atoms with E-state index in [9.17, 15) is 24.1 Å². The molecule has 0 atom stereocenters. The smallest absolute Gasteiger partial charge is 0.295 e. The first kappa shape index (κ1) is 29.2. The Bertz CT molecular complexity index is 1690. The fourth-order valence-corrected chi connectivity index (χ4v) is 5.32. The number of nitrogens with zero attached hydrogens (tertiary/aromatic N) is 5. The molecule has 0 bridgehead atoms. The molecule has 0 aliphatic carbocycles. The topological polar surface area (TPSA) is 123 Å². The second-order valence-corrected chi connectivity index (χ2v) is 10.8. The van der Waals surface area contributed by atoms with Gasteiger partial charge in [0.05, 0.1) is 27.7 Å². The quantitative estimate of drug-likeness (QED) is 0.209. The summed E-state index contributed by atoms with van der Waals surface area (Å²) in [5, 5.41) is 23.0. The predicted octanol–water partition coefficient (Wildman–Crippen LogP) is 5.77. The van der Waals surface area contributed by atoms with Crippen LogP contribution in [0.1, 0.15) is 34.5 Å². The lowest BCUT2D eigenvalue weighted by Gasteiger charge is -2.32. The SMILES string of the molecule is Cc1cccc([N+](=O)[O-])c1-n1cc(CNC(=O)C2CCN(C(=O)c3ccc(F)cc3-c3ccc(Cl)c(Cl)c3)CC2)nn1. The van der Waals surface area contributed by atoms with E-state index in [0.29, 0.717) is 69.6 Å². The van der Waals surface area contributed by atoms with Gasteiger partial charge in [-0.2, -0.15) is 0 Å². The van der Waals surface area contributed by atoms with Gasteiger partial charge in [-0.1, -0.05) is 46.6 Å². The molecule has 1 aromatic heterocycles. The number of piperidine rings is 1. The first-order valence-corrected chi connectivity index (χ1v) is 13.9. The van der Waals surface area contributed by atoms with Crippen LogP contribution >= 0.6 is 23.2 Å². The average molecular weight is 611 g/mol. The minimum absolute atomic E-state index is 0.0958. The van der Waals surface area contributed by atoms with Crippen molar-refractivity contribution in [3.63, 3.8) is 0 Å². The fourth-order valence-electron chi connectivity index (χ4n) is 5.02. The van der Waals surface area contributed by atoms with Gasteiger partial charge >= 0.3 is 0 Å². The van der Waals surface area contributed by atoms with E-state index in [-0.39, 0.29) is 30.0 Å². The number of nitro benzene ring substituents is 1. The van der Waals surface area contributed by atoms with Crippen LogP contribution < -0.4 is 5.32 Å². The number of carbonyl (C=O) groups excluding carboxylic acids is 2. The maximum absolute atomic E-state index is 14.1. The summed E-state index contributed by atoms with van der Waals surface area (Å²) in [6.45, 7) is 2.54. The minimum atomic E-state index is -0.486. The summed E-state index contributed by atoms with van der Waals surface area (Å²) in [7, 11) is 0. The molecule has 10 nitrogen and oxygen atoms in total. The Kier molecular flexibility index (Phi) is 8.51. The zero-order valence-electron chi connectivity index (χ0n) is 22.4. The molecule has 1 aliphatic rings. The van der Waals surface area contributed by atoms with Crippen LogP contribution in [-0.2, 0) is 11.3 Å². The van der Waals surface area contributed by atoms with E-state index in [1.54, 1.807) is 48.4 Å². The van der Waals surface area contributed by atoms with Gasteiger partial charge < -0.3 is 10.2 Å². The van der Waals surface area contributed by atoms with Gasteiger partial charge in [-0.05, 0) is 66.8 Å². The van der Waals surface area contributed by atoms with Crippen molar-refractivity contribution in [2.45, 2.75) is 26.3 Å². The number of aryl methyl sites for hydroxylation is 1. The van der Waals surface area contributed by atoms with Gasteiger partial charge in [-0.25, -0.2) is 9.07 Å². The van der Waals surface area contributed by atoms with Crippen molar-refractivity contribution in [2.24, 2.45) is 5.92 Å². The molecule has 2 amide bonds. The average Bonchev–Trinajstić information content (AvgIpc) is 3.45. The van der Waals surface area contributed by atoms with Gasteiger partial charge in [0, 0.05) is 30.6 Å². The first-order chi connectivity index (χ1) is 20.1. The lowest BCUT2D eigenvalue weighted by molar-refractivity contribution is -0.384. The summed E-state index contributed by atoms with van der Waals surface area (Å²) >= 11 is 12.2. The number of carbonyl (C=O) groups is 2. The number of benzene rings is 3. The molecule has 13 heteroatoms. The summed E-state index contributed by atoms with van der Waals surface area (Å²) in [5.74, 6) is -1.25. The number of nitro groups is 1. The third kappa shape index (κ3) is 6.12. The lowest BCUT2D eigenvalue weighted by Crippen LogP contribution is -2.43. The number of hydrogen-bond donors (Lipinski definition) is 1. The molecule has 216 valence electrons. The van der Waals surface area contributed by atoms with E-state index >= 15 is 0 Å². The van der Waals surface area contributed by atoms with Gasteiger partial charge in [-0.3, -0.25) is 19.7 Å².